The molecule has 0 radical (unpaired) electrons. The first-order valence-electron chi connectivity index (χ1n) is 5.20. The average Bonchev–Trinajstić information content (AvgIpc) is 2.28. The Labute approximate surface area is 103 Å². The zero-order valence-corrected chi connectivity index (χ0v) is 10.8. The molecule has 88 valence electrons. The highest BCUT2D eigenvalue weighted by molar-refractivity contribution is 9.10. The van der Waals surface area contributed by atoms with Crippen LogP contribution in [0.4, 0.5) is 0 Å². The van der Waals surface area contributed by atoms with Crippen LogP contribution in [0.3, 0.4) is 0 Å². The number of carbonyl (C=O) groups excluding carboxylic acids is 1. The molecule has 0 atom stereocenters. The first kappa shape index (κ1) is 13.1. The molecule has 0 aliphatic rings. The molecule has 0 bridgehead atoms. The summed E-state index contributed by atoms with van der Waals surface area (Å²) in [6, 6.07) is 3.36. The van der Waals surface area contributed by atoms with Gasteiger partial charge >= 0.3 is 0 Å². The number of aliphatic hydroxyl groups excluding tert-OH is 1. The first-order chi connectivity index (χ1) is 7.69. The molecule has 5 heteroatoms. The Hall–Kier alpha value is -0.940. The Morgan fingerprint density at radius 3 is 2.88 bits per heavy atom. The molecule has 0 aromatic carbocycles. The van der Waals surface area contributed by atoms with Gasteiger partial charge in [-0.3, -0.25) is 4.79 Å². The van der Waals surface area contributed by atoms with Gasteiger partial charge in [-0.15, -0.1) is 0 Å². The van der Waals surface area contributed by atoms with E-state index in [4.69, 9.17) is 5.11 Å². The molecule has 16 heavy (non-hydrogen) atoms. The number of pyridine rings is 1. The van der Waals surface area contributed by atoms with Crippen molar-refractivity contribution in [1.29, 1.82) is 0 Å². The van der Waals surface area contributed by atoms with Gasteiger partial charge in [-0.25, -0.2) is 4.98 Å². The molecule has 0 fully saturated rings. The van der Waals surface area contributed by atoms with Gasteiger partial charge in [0, 0.05) is 24.8 Å². The number of carbonyl (C=O) groups is 1. The molecule has 1 aromatic heterocycles. The summed E-state index contributed by atoms with van der Waals surface area (Å²) in [6.45, 7) is 3.00. The largest absolute Gasteiger partial charge is 0.395 e. The molecular formula is C11H15BrN2O2. The van der Waals surface area contributed by atoms with Gasteiger partial charge in [0.15, 0.2) is 0 Å². The molecule has 1 amide bonds. The monoisotopic (exact) mass is 286 g/mol. The van der Waals surface area contributed by atoms with E-state index in [0.717, 1.165) is 6.42 Å². The lowest BCUT2D eigenvalue weighted by Gasteiger charge is -2.20. The second kappa shape index (κ2) is 6.60. The van der Waals surface area contributed by atoms with Crippen LogP contribution in [0.2, 0.25) is 0 Å². The van der Waals surface area contributed by atoms with Gasteiger partial charge in [0.05, 0.1) is 6.61 Å². The number of amides is 1. The van der Waals surface area contributed by atoms with Crippen LogP contribution in [0.5, 0.6) is 0 Å². The van der Waals surface area contributed by atoms with Crippen LogP contribution in [-0.2, 0) is 0 Å². The smallest absolute Gasteiger partial charge is 0.254 e. The van der Waals surface area contributed by atoms with Gasteiger partial charge in [0.2, 0.25) is 0 Å². The molecule has 0 spiro atoms. The quantitative estimate of drug-likeness (QED) is 0.838. The van der Waals surface area contributed by atoms with Crippen molar-refractivity contribution in [2.75, 3.05) is 19.7 Å². The minimum absolute atomic E-state index is 0.0159. The Kier molecular flexibility index (Phi) is 5.42. The molecule has 1 aromatic rings. The third-order valence-corrected chi connectivity index (χ3v) is 2.56. The number of hydrogen-bond donors (Lipinski definition) is 1. The van der Waals surface area contributed by atoms with Crippen LogP contribution in [0, 0.1) is 0 Å². The normalized spacial score (nSPS) is 10.2. The van der Waals surface area contributed by atoms with E-state index in [1.807, 2.05) is 6.92 Å². The van der Waals surface area contributed by atoms with Crippen molar-refractivity contribution in [2.24, 2.45) is 0 Å². The van der Waals surface area contributed by atoms with E-state index in [1.54, 1.807) is 23.2 Å². The van der Waals surface area contributed by atoms with E-state index < -0.39 is 0 Å². The summed E-state index contributed by atoms with van der Waals surface area (Å²) >= 11 is 3.23. The van der Waals surface area contributed by atoms with Gasteiger partial charge < -0.3 is 10.0 Å². The Balaban J connectivity index is 2.81. The highest BCUT2D eigenvalue weighted by atomic mass is 79.9. The topological polar surface area (TPSA) is 53.4 Å². The van der Waals surface area contributed by atoms with Crippen molar-refractivity contribution in [3.8, 4) is 0 Å². The summed E-state index contributed by atoms with van der Waals surface area (Å²) in [5.41, 5.74) is 0.587. The SMILES string of the molecule is CCCN(CCO)C(=O)c1ccnc(Br)c1. The van der Waals surface area contributed by atoms with Crippen LogP contribution >= 0.6 is 15.9 Å². The van der Waals surface area contributed by atoms with E-state index in [-0.39, 0.29) is 12.5 Å². The summed E-state index contributed by atoms with van der Waals surface area (Å²) in [5.74, 6) is -0.0704. The third-order valence-electron chi connectivity index (χ3n) is 2.12. The Morgan fingerprint density at radius 2 is 2.31 bits per heavy atom. The second-order valence-corrected chi connectivity index (χ2v) is 4.20. The number of hydrogen-bond acceptors (Lipinski definition) is 3. The standard InChI is InChI=1S/C11H15BrN2O2/c1-2-5-14(6-7-15)11(16)9-3-4-13-10(12)8-9/h3-4,8,15H,2,5-7H2,1H3. The Bertz CT molecular complexity index is 352. The van der Waals surface area contributed by atoms with Gasteiger partial charge in [0.1, 0.15) is 4.60 Å². The van der Waals surface area contributed by atoms with Crippen LogP contribution in [-0.4, -0.2) is 40.6 Å². The lowest BCUT2D eigenvalue weighted by molar-refractivity contribution is 0.0722. The van der Waals surface area contributed by atoms with Crippen molar-refractivity contribution in [3.05, 3.63) is 28.5 Å². The van der Waals surface area contributed by atoms with Crippen molar-refractivity contribution in [3.63, 3.8) is 0 Å². The lowest BCUT2D eigenvalue weighted by Crippen LogP contribution is -2.34. The van der Waals surface area contributed by atoms with Gasteiger partial charge in [-0.2, -0.15) is 0 Å². The maximum Gasteiger partial charge on any atom is 0.254 e. The average molecular weight is 287 g/mol. The predicted octanol–water partition coefficient (Wildman–Crippen LogP) is 1.69. The minimum atomic E-state index is -0.0704. The van der Waals surface area contributed by atoms with Gasteiger partial charge in [-0.05, 0) is 34.5 Å². The fourth-order valence-corrected chi connectivity index (χ4v) is 1.79. The number of nitrogens with zero attached hydrogens (tertiary/aromatic N) is 2. The van der Waals surface area contributed by atoms with Crippen molar-refractivity contribution in [1.82, 2.24) is 9.88 Å². The molecule has 0 unspecified atom stereocenters. The summed E-state index contributed by atoms with van der Waals surface area (Å²) < 4.78 is 0.638. The minimum Gasteiger partial charge on any atom is -0.395 e. The highest BCUT2D eigenvalue weighted by Crippen LogP contribution is 2.10. The van der Waals surface area contributed by atoms with Crippen LogP contribution in [0.15, 0.2) is 22.9 Å². The molecule has 1 rings (SSSR count). The molecule has 0 aliphatic carbocycles. The van der Waals surface area contributed by atoms with E-state index in [0.29, 0.717) is 23.3 Å². The van der Waals surface area contributed by atoms with E-state index in [9.17, 15) is 4.79 Å². The lowest BCUT2D eigenvalue weighted by atomic mass is 10.2. The van der Waals surface area contributed by atoms with Crippen molar-refractivity contribution in [2.45, 2.75) is 13.3 Å². The number of halogens is 1. The molecule has 4 nitrogen and oxygen atoms in total. The first-order valence-corrected chi connectivity index (χ1v) is 6.00. The maximum absolute atomic E-state index is 12.0. The number of rotatable bonds is 5. The summed E-state index contributed by atoms with van der Waals surface area (Å²) in [4.78, 5) is 17.7. The highest BCUT2D eigenvalue weighted by Gasteiger charge is 2.14. The summed E-state index contributed by atoms with van der Waals surface area (Å²) in [6.07, 6.45) is 2.46. The van der Waals surface area contributed by atoms with E-state index in [1.165, 1.54) is 0 Å². The molecular weight excluding hydrogens is 272 g/mol. The summed E-state index contributed by atoms with van der Waals surface area (Å²) in [5, 5.41) is 8.90. The van der Waals surface area contributed by atoms with E-state index >= 15 is 0 Å². The Morgan fingerprint density at radius 1 is 1.56 bits per heavy atom. The van der Waals surface area contributed by atoms with Gasteiger partial charge in [0.25, 0.3) is 5.91 Å². The van der Waals surface area contributed by atoms with Crippen molar-refractivity contribution >= 4 is 21.8 Å². The maximum atomic E-state index is 12.0. The third kappa shape index (κ3) is 3.57. The predicted molar refractivity (Wildman–Crippen MR) is 65.2 cm³/mol. The molecule has 1 N–H and O–H groups in total. The van der Waals surface area contributed by atoms with Crippen LogP contribution in [0.1, 0.15) is 23.7 Å². The number of aromatic nitrogens is 1. The molecule has 0 aliphatic heterocycles. The molecule has 1 heterocycles. The van der Waals surface area contributed by atoms with Crippen LogP contribution < -0.4 is 0 Å². The fraction of sp³-hybridized carbons (Fsp3) is 0.455. The van der Waals surface area contributed by atoms with E-state index in [2.05, 4.69) is 20.9 Å². The second-order valence-electron chi connectivity index (χ2n) is 3.38. The summed E-state index contributed by atoms with van der Waals surface area (Å²) in [7, 11) is 0. The van der Waals surface area contributed by atoms with Gasteiger partial charge in [-0.1, -0.05) is 6.92 Å². The molecule has 0 saturated carbocycles. The zero-order chi connectivity index (χ0) is 12.0. The van der Waals surface area contributed by atoms with Crippen molar-refractivity contribution < 1.29 is 9.90 Å². The fourth-order valence-electron chi connectivity index (χ4n) is 1.42. The molecule has 0 saturated heterocycles. The zero-order valence-electron chi connectivity index (χ0n) is 9.19. The number of aliphatic hydroxyl groups is 1. The van der Waals surface area contributed by atoms with Crippen LogP contribution in [0.25, 0.3) is 0 Å².